The van der Waals surface area contributed by atoms with Crippen molar-refractivity contribution >= 4 is 28.8 Å². The number of carbonyl (C=O) groups excluding carboxylic acids is 1. The van der Waals surface area contributed by atoms with Crippen LogP contribution in [0.25, 0.3) is 0 Å². The number of rotatable bonds is 3. The van der Waals surface area contributed by atoms with Crippen LogP contribution in [-0.2, 0) is 6.42 Å². The summed E-state index contributed by atoms with van der Waals surface area (Å²) in [5, 5.41) is 2.58. The molecule has 1 aromatic heterocycles. The van der Waals surface area contributed by atoms with Crippen LogP contribution >= 0.6 is 22.9 Å². The van der Waals surface area contributed by atoms with Crippen LogP contribution in [0, 0.1) is 0 Å². The van der Waals surface area contributed by atoms with E-state index in [4.69, 9.17) is 16.3 Å². The summed E-state index contributed by atoms with van der Waals surface area (Å²) in [5.74, 6) is 0.520. The minimum atomic E-state index is -0.239. The highest BCUT2D eigenvalue weighted by Crippen LogP contribution is 2.36. The lowest BCUT2D eigenvalue weighted by Gasteiger charge is -2.11. The van der Waals surface area contributed by atoms with Crippen LogP contribution in [-0.4, -0.2) is 19.1 Å². The van der Waals surface area contributed by atoms with Crippen LogP contribution in [0.2, 0.25) is 0 Å². The molecule has 1 aromatic carbocycles. The number of hydrogen-bond donors (Lipinski definition) is 1. The molecule has 2 heterocycles. The number of nitrogens with one attached hydrogen (secondary N) is 1. The van der Waals surface area contributed by atoms with Crippen LogP contribution in [0.1, 0.15) is 38.0 Å². The molecule has 110 valence electrons. The molecule has 0 saturated carbocycles. The predicted molar refractivity (Wildman–Crippen MR) is 85.7 cm³/mol. The molecule has 1 atom stereocenters. The number of carbonyl (C=O) groups is 1. The summed E-state index contributed by atoms with van der Waals surface area (Å²) in [6.07, 6.45) is 1.01. The molecule has 1 amide bonds. The van der Waals surface area contributed by atoms with Gasteiger partial charge in [0.05, 0.1) is 17.5 Å². The molecule has 3 rings (SSSR count). The zero-order valence-electron chi connectivity index (χ0n) is 11.7. The highest BCUT2D eigenvalue weighted by Gasteiger charge is 2.20. The molecular formula is C16H16ClNO2S. The van der Waals surface area contributed by atoms with E-state index in [0.717, 1.165) is 16.9 Å². The van der Waals surface area contributed by atoms with Crippen molar-refractivity contribution < 1.29 is 9.53 Å². The SMILES string of the molecule is CCc1ccc(C(Cl)c2ccc3c(c2)C(=O)NCCO3)s1. The van der Waals surface area contributed by atoms with Crippen molar-refractivity contribution in [3.05, 3.63) is 51.2 Å². The normalized spacial score (nSPS) is 15.6. The number of alkyl halides is 1. The molecule has 5 heteroatoms. The minimum Gasteiger partial charge on any atom is -0.491 e. The summed E-state index contributed by atoms with van der Waals surface area (Å²) < 4.78 is 5.56. The lowest BCUT2D eigenvalue weighted by atomic mass is 10.1. The van der Waals surface area contributed by atoms with Gasteiger partial charge in [-0.1, -0.05) is 13.0 Å². The lowest BCUT2D eigenvalue weighted by Crippen LogP contribution is -2.24. The predicted octanol–water partition coefficient (Wildman–Crippen LogP) is 3.76. The summed E-state index contributed by atoms with van der Waals surface area (Å²) in [5.41, 5.74) is 1.48. The zero-order valence-corrected chi connectivity index (χ0v) is 13.3. The molecule has 0 fully saturated rings. The van der Waals surface area contributed by atoms with Gasteiger partial charge in [-0.15, -0.1) is 22.9 Å². The number of aryl methyl sites for hydroxylation is 1. The quantitative estimate of drug-likeness (QED) is 0.874. The summed E-state index contributed by atoms with van der Waals surface area (Å²) in [4.78, 5) is 14.4. The van der Waals surface area contributed by atoms with Gasteiger partial charge in [0.25, 0.3) is 5.91 Å². The van der Waals surface area contributed by atoms with Gasteiger partial charge in [-0.25, -0.2) is 0 Å². The maximum absolute atomic E-state index is 12.0. The molecule has 0 spiro atoms. The number of hydrogen-bond acceptors (Lipinski definition) is 3. The van der Waals surface area contributed by atoms with Crippen molar-refractivity contribution in [1.82, 2.24) is 5.32 Å². The van der Waals surface area contributed by atoms with Crippen molar-refractivity contribution in [2.75, 3.05) is 13.2 Å². The Morgan fingerprint density at radius 3 is 3.00 bits per heavy atom. The van der Waals surface area contributed by atoms with Gasteiger partial charge in [0.1, 0.15) is 12.4 Å². The van der Waals surface area contributed by atoms with Crippen molar-refractivity contribution in [1.29, 1.82) is 0 Å². The second-order valence-electron chi connectivity index (χ2n) is 4.88. The number of ether oxygens (including phenoxy) is 1. The highest BCUT2D eigenvalue weighted by atomic mass is 35.5. The molecule has 1 aliphatic heterocycles. The fraction of sp³-hybridized carbons (Fsp3) is 0.312. The standard InChI is InChI=1S/C16H16ClNO2S/c1-2-11-4-6-14(21-11)15(17)10-3-5-13-12(9-10)16(19)18-7-8-20-13/h3-6,9,15H,2,7-8H2,1H3,(H,18,19). The van der Waals surface area contributed by atoms with Crippen LogP contribution < -0.4 is 10.1 Å². The number of thiophene rings is 1. The average molecular weight is 322 g/mol. The Kier molecular flexibility index (Phi) is 4.17. The van der Waals surface area contributed by atoms with E-state index in [2.05, 4.69) is 24.4 Å². The van der Waals surface area contributed by atoms with Gasteiger partial charge < -0.3 is 10.1 Å². The molecule has 21 heavy (non-hydrogen) atoms. The van der Waals surface area contributed by atoms with E-state index in [9.17, 15) is 4.79 Å². The minimum absolute atomic E-state index is 0.103. The molecular weight excluding hydrogens is 306 g/mol. The van der Waals surface area contributed by atoms with E-state index in [1.807, 2.05) is 18.2 Å². The molecule has 0 aliphatic carbocycles. The summed E-state index contributed by atoms with van der Waals surface area (Å²) in [7, 11) is 0. The molecule has 3 nitrogen and oxygen atoms in total. The molecule has 1 aliphatic rings. The Morgan fingerprint density at radius 1 is 1.38 bits per heavy atom. The fourth-order valence-electron chi connectivity index (χ4n) is 2.31. The second-order valence-corrected chi connectivity index (χ2v) is 6.52. The van der Waals surface area contributed by atoms with Crippen LogP contribution in [0.15, 0.2) is 30.3 Å². The average Bonchev–Trinajstić information content (AvgIpc) is 2.92. The van der Waals surface area contributed by atoms with Gasteiger partial charge in [-0.3, -0.25) is 4.79 Å². The Bertz CT molecular complexity index is 668. The van der Waals surface area contributed by atoms with Crippen molar-refractivity contribution in [3.63, 3.8) is 0 Å². The summed E-state index contributed by atoms with van der Waals surface area (Å²) in [6.45, 7) is 3.15. The van der Waals surface area contributed by atoms with E-state index >= 15 is 0 Å². The Labute approximate surface area is 132 Å². The second kappa shape index (κ2) is 6.08. The van der Waals surface area contributed by atoms with Gasteiger partial charge in [0.2, 0.25) is 0 Å². The molecule has 2 aromatic rings. The largest absolute Gasteiger partial charge is 0.491 e. The molecule has 0 saturated heterocycles. The van der Waals surface area contributed by atoms with Gasteiger partial charge >= 0.3 is 0 Å². The zero-order chi connectivity index (χ0) is 14.8. The van der Waals surface area contributed by atoms with Crippen LogP contribution in [0.3, 0.4) is 0 Å². The molecule has 0 radical (unpaired) electrons. The third kappa shape index (κ3) is 2.92. The van der Waals surface area contributed by atoms with Gasteiger partial charge in [-0.2, -0.15) is 0 Å². The van der Waals surface area contributed by atoms with Gasteiger partial charge in [-0.05, 0) is 36.2 Å². The Morgan fingerprint density at radius 2 is 2.24 bits per heavy atom. The fourth-order valence-corrected chi connectivity index (χ4v) is 3.62. The highest BCUT2D eigenvalue weighted by molar-refractivity contribution is 7.12. The molecule has 1 unspecified atom stereocenters. The Hall–Kier alpha value is -1.52. The van der Waals surface area contributed by atoms with E-state index in [-0.39, 0.29) is 11.3 Å². The summed E-state index contributed by atoms with van der Waals surface area (Å²) >= 11 is 8.29. The first-order chi connectivity index (χ1) is 10.2. The van der Waals surface area contributed by atoms with E-state index in [1.165, 1.54) is 4.88 Å². The Balaban J connectivity index is 1.93. The van der Waals surface area contributed by atoms with E-state index < -0.39 is 0 Å². The maximum Gasteiger partial charge on any atom is 0.255 e. The molecule has 1 N–H and O–H groups in total. The van der Waals surface area contributed by atoms with E-state index in [0.29, 0.717) is 24.5 Å². The topological polar surface area (TPSA) is 38.3 Å². The number of amides is 1. The number of halogens is 1. The first-order valence-corrected chi connectivity index (χ1v) is 8.22. The third-order valence-electron chi connectivity index (χ3n) is 3.47. The summed E-state index contributed by atoms with van der Waals surface area (Å²) in [6, 6.07) is 9.76. The maximum atomic E-state index is 12.0. The monoisotopic (exact) mass is 321 g/mol. The van der Waals surface area contributed by atoms with Crippen molar-refractivity contribution in [2.24, 2.45) is 0 Å². The lowest BCUT2D eigenvalue weighted by molar-refractivity contribution is 0.0957. The number of fused-ring (bicyclic) bond motifs is 1. The van der Waals surface area contributed by atoms with Gasteiger partial charge in [0, 0.05) is 9.75 Å². The van der Waals surface area contributed by atoms with Gasteiger partial charge in [0.15, 0.2) is 0 Å². The van der Waals surface area contributed by atoms with Crippen LogP contribution in [0.5, 0.6) is 5.75 Å². The smallest absolute Gasteiger partial charge is 0.255 e. The van der Waals surface area contributed by atoms with Crippen molar-refractivity contribution in [2.45, 2.75) is 18.7 Å². The first kappa shape index (κ1) is 14.4. The van der Waals surface area contributed by atoms with Crippen LogP contribution in [0.4, 0.5) is 0 Å². The third-order valence-corrected chi connectivity index (χ3v) is 5.38. The number of benzene rings is 1. The van der Waals surface area contributed by atoms with Crippen molar-refractivity contribution in [3.8, 4) is 5.75 Å². The first-order valence-electron chi connectivity index (χ1n) is 6.96. The van der Waals surface area contributed by atoms with E-state index in [1.54, 1.807) is 11.3 Å². The molecule has 0 bridgehead atoms.